The number of imidazole rings is 1. The number of para-hydroxylation sites is 2. The van der Waals surface area contributed by atoms with E-state index >= 15 is 0 Å². The number of nitriles is 1. The van der Waals surface area contributed by atoms with E-state index in [-0.39, 0.29) is 0 Å². The monoisotopic (exact) mass is 469 g/mol. The number of piperazine rings is 1. The number of fused-ring (bicyclic) bond motifs is 3. The zero-order valence-electron chi connectivity index (χ0n) is 19.7. The van der Waals surface area contributed by atoms with E-state index in [9.17, 15) is 5.26 Å². The number of hydrogen-bond donors (Lipinski definition) is 0. The number of hydrogen-bond acceptors (Lipinski definition) is 4. The molecule has 2 aromatic heterocycles. The van der Waals surface area contributed by atoms with Gasteiger partial charge in [0.25, 0.3) is 0 Å². The molecule has 5 nitrogen and oxygen atoms in total. The Bertz CT molecular complexity index is 1420. The molecule has 0 spiro atoms. The maximum atomic E-state index is 10.1. The van der Waals surface area contributed by atoms with Gasteiger partial charge in [-0.1, -0.05) is 48.0 Å². The van der Waals surface area contributed by atoms with Gasteiger partial charge in [0.1, 0.15) is 11.9 Å². The highest BCUT2D eigenvalue weighted by Crippen LogP contribution is 2.35. The highest BCUT2D eigenvalue weighted by Gasteiger charge is 2.27. The molecule has 0 aliphatic carbocycles. The first-order valence-corrected chi connectivity index (χ1v) is 12.0. The van der Waals surface area contributed by atoms with E-state index in [2.05, 4.69) is 58.9 Å². The Labute approximate surface area is 205 Å². The van der Waals surface area contributed by atoms with Gasteiger partial charge in [0, 0.05) is 49.7 Å². The maximum Gasteiger partial charge on any atom is 0.157 e. The number of benzene rings is 2. The number of rotatable bonds is 5. The molecule has 0 amide bonds. The van der Waals surface area contributed by atoms with Crippen LogP contribution >= 0.6 is 11.6 Å². The van der Waals surface area contributed by atoms with E-state index in [1.165, 1.54) is 16.7 Å². The Kier molecular flexibility index (Phi) is 6.03. The van der Waals surface area contributed by atoms with Crippen LogP contribution in [0.15, 0.2) is 60.7 Å². The molecule has 0 atom stereocenters. The summed E-state index contributed by atoms with van der Waals surface area (Å²) in [5.41, 5.74) is 7.85. The third-order valence-electron chi connectivity index (χ3n) is 6.67. The molecule has 0 N–H and O–H groups in total. The molecule has 0 bridgehead atoms. The quantitative estimate of drug-likeness (QED) is 0.356. The van der Waals surface area contributed by atoms with Crippen molar-refractivity contribution in [3.05, 3.63) is 88.0 Å². The van der Waals surface area contributed by atoms with Gasteiger partial charge in [-0.2, -0.15) is 5.26 Å². The largest absolute Gasteiger partial charge is 0.355 e. The van der Waals surface area contributed by atoms with Gasteiger partial charge < -0.3 is 4.90 Å². The summed E-state index contributed by atoms with van der Waals surface area (Å²) in [4.78, 5) is 9.81. The molecule has 6 heteroatoms. The van der Waals surface area contributed by atoms with Gasteiger partial charge in [0.05, 0.1) is 16.6 Å². The molecule has 3 heterocycles. The molecule has 1 aliphatic heterocycles. The molecule has 1 fully saturated rings. The first-order chi connectivity index (χ1) is 16.5. The fourth-order valence-electron chi connectivity index (χ4n) is 5.01. The number of nitrogens with zero attached hydrogens (tertiary/aromatic N) is 5. The second-order valence-corrected chi connectivity index (χ2v) is 9.63. The van der Waals surface area contributed by atoms with Crippen molar-refractivity contribution in [3.8, 4) is 6.07 Å². The van der Waals surface area contributed by atoms with Crippen LogP contribution in [-0.4, -0.2) is 47.0 Å². The van der Waals surface area contributed by atoms with Gasteiger partial charge in [-0.25, -0.2) is 4.98 Å². The van der Waals surface area contributed by atoms with Crippen LogP contribution < -0.4 is 4.90 Å². The van der Waals surface area contributed by atoms with Crippen molar-refractivity contribution >= 4 is 34.1 Å². The zero-order chi connectivity index (χ0) is 23.8. The summed E-state index contributed by atoms with van der Waals surface area (Å²) in [6.07, 6.45) is 0.724. The Balaban J connectivity index is 1.71. The van der Waals surface area contributed by atoms with Crippen LogP contribution in [0.25, 0.3) is 16.7 Å². The number of aromatic nitrogens is 2. The molecule has 4 aromatic rings. The molecule has 1 aliphatic rings. The first kappa shape index (κ1) is 22.5. The van der Waals surface area contributed by atoms with E-state index in [4.69, 9.17) is 16.6 Å². The molecule has 0 radical (unpaired) electrons. The van der Waals surface area contributed by atoms with Crippen LogP contribution in [0.3, 0.4) is 0 Å². The highest BCUT2D eigenvalue weighted by atomic mass is 35.5. The fraction of sp³-hybridized carbons (Fsp3) is 0.286. The van der Waals surface area contributed by atoms with E-state index in [0.717, 1.165) is 72.2 Å². The van der Waals surface area contributed by atoms with Crippen LogP contribution in [-0.2, 0) is 6.42 Å². The standard InChI is InChI=1S/C28H28ClN5/c1-19(2)18-32-12-14-33(15-13-32)28-23(16-21-8-10-22(29)11-9-21)20(3)24(17-30)27-31-25-6-4-5-7-26(25)34(27)28/h4-11H,1,12-16,18H2,2-3H3. The molecule has 5 rings (SSSR count). The average molecular weight is 470 g/mol. The van der Waals surface area contributed by atoms with Crippen molar-refractivity contribution in [2.75, 3.05) is 37.6 Å². The minimum absolute atomic E-state index is 0.643. The van der Waals surface area contributed by atoms with Crippen LogP contribution in [0.1, 0.15) is 29.2 Å². The van der Waals surface area contributed by atoms with Gasteiger partial charge in [0.2, 0.25) is 0 Å². The number of halogens is 1. The zero-order valence-corrected chi connectivity index (χ0v) is 20.4. The summed E-state index contributed by atoms with van der Waals surface area (Å²) in [5, 5.41) is 10.9. The van der Waals surface area contributed by atoms with Crippen LogP contribution in [0.5, 0.6) is 0 Å². The van der Waals surface area contributed by atoms with Crippen molar-refractivity contribution in [3.63, 3.8) is 0 Å². The molecule has 2 aromatic carbocycles. The van der Waals surface area contributed by atoms with Crippen LogP contribution in [0.4, 0.5) is 5.82 Å². The van der Waals surface area contributed by atoms with Gasteiger partial charge in [-0.05, 0) is 49.2 Å². The van der Waals surface area contributed by atoms with Crippen molar-refractivity contribution < 1.29 is 0 Å². The minimum atomic E-state index is 0.643. The van der Waals surface area contributed by atoms with E-state index in [1.807, 2.05) is 30.3 Å². The molecular weight excluding hydrogens is 442 g/mol. The predicted octanol–water partition coefficient (Wildman–Crippen LogP) is 5.61. The summed E-state index contributed by atoms with van der Waals surface area (Å²) in [7, 11) is 0. The Morgan fingerprint density at radius 2 is 1.79 bits per heavy atom. The lowest BCUT2D eigenvalue weighted by Crippen LogP contribution is -2.47. The van der Waals surface area contributed by atoms with Gasteiger partial charge >= 0.3 is 0 Å². The van der Waals surface area contributed by atoms with Crippen molar-refractivity contribution in [1.29, 1.82) is 5.26 Å². The second-order valence-electron chi connectivity index (χ2n) is 9.20. The first-order valence-electron chi connectivity index (χ1n) is 11.6. The molecule has 172 valence electrons. The Morgan fingerprint density at radius 1 is 1.09 bits per heavy atom. The summed E-state index contributed by atoms with van der Waals surface area (Å²) in [6, 6.07) is 18.6. The lowest BCUT2D eigenvalue weighted by molar-refractivity contribution is 0.277. The maximum absolute atomic E-state index is 10.1. The molecule has 34 heavy (non-hydrogen) atoms. The topological polar surface area (TPSA) is 47.6 Å². The summed E-state index contributed by atoms with van der Waals surface area (Å²) < 4.78 is 2.21. The van der Waals surface area contributed by atoms with Gasteiger partial charge in [0.15, 0.2) is 5.65 Å². The summed E-state index contributed by atoms with van der Waals surface area (Å²) in [6.45, 7) is 12.9. The normalized spacial score (nSPS) is 14.6. The van der Waals surface area contributed by atoms with E-state index < -0.39 is 0 Å². The molecular formula is C28H28ClN5. The predicted molar refractivity (Wildman–Crippen MR) is 140 cm³/mol. The lowest BCUT2D eigenvalue weighted by atomic mass is 9.97. The lowest BCUT2D eigenvalue weighted by Gasteiger charge is -2.38. The molecule has 0 unspecified atom stereocenters. The summed E-state index contributed by atoms with van der Waals surface area (Å²) in [5.74, 6) is 1.14. The van der Waals surface area contributed by atoms with Gasteiger partial charge in [-0.15, -0.1) is 0 Å². The van der Waals surface area contributed by atoms with Crippen LogP contribution in [0.2, 0.25) is 5.02 Å². The molecule has 1 saturated heterocycles. The highest BCUT2D eigenvalue weighted by molar-refractivity contribution is 6.30. The summed E-state index contributed by atoms with van der Waals surface area (Å²) >= 11 is 6.15. The number of anilines is 1. The SMILES string of the molecule is C=C(C)CN1CCN(c2c(Cc3ccc(Cl)cc3)c(C)c(C#N)c3nc4ccccc4n23)CC1. The average Bonchev–Trinajstić information content (AvgIpc) is 3.20. The van der Waals surface area contributed by atoms with E-state index in [1.54, 1.807) is 0 Å². The van der Waals surface area contributed by atoms with Crippen LogP contribution in [0, 0.1) is 18.3 Å². The number of pyridine rings is 1. The second kappa shape index (κ2) is 9.13. The fourth-order valence-corrected chi connectivity index (χ4v) is 5.14. The molecule has 0 saturated carbocycles. The van der Waals surface area contributed by atoms with E-state index in [0.29, 0.717) is 5.56 Å². The third kappa shape index (κ3) is 4.04. The van der Waals surface area contributed by atoms with Crippen molar-refractivity contribution in [1.82, 2.24) is 14.3 Å². The third-order valence-corrected chi connectivity index (χ3v) is 6.92. The van der Waals surface area contributed by atoms with Crippen molar-refractivity contribution in [2.24, 2.45) is 0 Å². The minimum Gasteiger partial charge on any atom is -0.355 e. The smallest absolute Gasteiger partial charge is 0.157 e. The van der Waals surface area contributed by atoms with Crippen molar-refractivity contribution in [2.45, 2.75) is 20.3 Å². The van der Waals surface area contributed by atoms with Gasteiger partial charge in [-0.3, -0.25) is 9.30 Å². The Morgan fingerprint density at radius 3 is 2.47 bits per heavy atom. The Hall–Kier alpha value is -3.33.